The SMILES string of the molecule is CCCCCCCCOCC(O)COc1c2ccccc2c(OCC(O)COCCCCCCCC)c2cc(Cl)ccc12. The Balaban J connectivity index is 1.59. The van der Waals surface area contributed by atoms with Gasteiger partial charge in [0.05, 0.1) is 13.2 Å². The van der Waals surface area contributed by atoms with Gasteiger partial charge >= 0.3 is 0 Å². The van der Waals surface area contributed by atoms with E-state index in [1.807, 2.05) is 42.5 Å². The summed E-state index contributed by atoms with van der Waals surface area (Å²) in [6, 6.07) is 13.4. The van der Waals surface area contributed by atoms with Crippen molar-refractivity contribution in [3.63, 3.8) is 0 Å². The van der Waals surface area contributed by atoms with Crippen molar-refractivity contribution in [3.8, 4) is 11.5 Å². The number of ether oxygens (including phenoxy) is 4. The van der Waals surface area contributed by atoms with Crippen LogP contribution in [0.2, 0.25) is 5.02 Å². The number of benzene rings is 3. The molecule has 0 amide bonds. The molecule has 43 heavy (non-hydrogen) atoms. The average molecular weight is 617 g/mol. The first-order chi connectivity index (χ1) is 21.0. The Morgan fingerprint density at radius 2 is 1.00 bits per heavy atom. The van der Waals surface area contributed by atoms with Crippen molar-refractivity contribution in [2.24, 2.45) is 0 Å². The third-order valence-electron chi connectivity index (χ3n) is 7.63. The van der Waals surface area contributed by atoms with Crippen molar-refractivity contribution < 1.29 is 29.2 Å². The Bertz CT molecular complexity index is 1190. The van der Waals surface area contributed by atoms with Gasteiger partial charge in [-0.2, -0.15) is 0 Å². The Hall–Kier alpha value is -2.09. The fourth-order valence-corrected chi connectivity index (χ4v) is 5.42. The predicted molar refractivity (Wildman–Crippen MR) is 178 cm³/mol. The molecule has 0 aliphatic rings. The molecular formula is C36H53ClO6. The Morgan fingerprint density at radius 1 is 0.558 bits per heavy atom. The molecule has 3 aromatic carbocycles. The maximum Gasteiger partial charge on any atom is 0.135 e. The molecule has 2 N–H and O–H groups in total. The van der Waals surface area contributed by atoms with Crippen LogP contribution in [-0.4, -0.2) is 62.1 Å². The van der Waals surface area contributed by atoms with Crippen molar-refractivity contribution in [1.29, 1.82) is 0 Å². The number of hydrogen-bond donors (Lipinski definition) is 2. The topological polar surface area (TPSA) is 77.4 Å². The van der Waals surface area contributed by atoms with Gasteiger partial charge in [-0.1, -0.05) is 114 Å². The van der Waals surface area contributed by atoms with Crippen LogP contribution in [-0.2, 0) is 9.47 Å². The van der Waals surface area contributed by atoms with E-state index in [0.29, 0.717) is 29.7 Å². The average Bonchev–Trinajstić information content (AvgIpc) is 3.01. The number of fused-ring (bicyclic) bond motifs is 2. The second-order valence-electron chi connectivity index (χ2n) is 11.5. The summed E-state index contributed by atoms with van der Waals surface area (Å²) in [4.78, 5) is 0. The van der Waals surface area contributed by atoms with Crippen LogP contribution >= 0.6 is 11.6 Å². The number of hydrogen-bond acceptors (Lipinski definition) is 6. The second kappa shape index (κ2) is 20.8. The number of rotatable bonds is 24. The van der Waals surface area contributed by atoms with Gasteiger partial charge in [0, 0.05) is 39.8 Å². The molecule has 3 rings (SSSR count). The zero-order valence-corrected chi connectivity index (χ0v) is 27.1. The zero-order valence-electron chi connectivity index (χ0n) is 26.3. The molecule has 0 heterocycles. The van der Waals surface area contributed by atoms with Crippen LogP contribution in [0.4, 0.5) is 0 Å². The molecule has 2 atom stereocenters. The second-order valence-corrected chi connectivity index (χ2v) is 11.9. The molecule has 0 aliphatic heterocycles. The Kier molecular flexibility index (Phi) is 17.1. The van der Waals surface area contributed by atoms with Crippen LogP contribution in [0.25, 0.3) is 21.5 Å². The van der Waals surface area contributed by atoms with Gasteiger partial charge in [0.1, 0.15) is 36.9 Å². The first kappa shape index (κ1) is 35.4. The van der Waals surface area contributed by atoms with E-state index in [1.165, 1.54) is 51.4 Å². The number of halogens is 1. The van der Waals surface area contributed by atoms with E-state index in [2.05, 4.69) is 13.8 Å². The minimum absolute atomic E-state index is 0.0942. The number of aliphatic hydroxyl groups excluding tert-OH is 2. The smallest absolute Gasteiger partial charge is 0.135 e. The van der Waals surface area contributed by atoms with E-state index in [-0.39, 0.29) is 26.4 Å². The van der Waals surface area contributed by atoms with Crippen LogP contribution in [0.15, 0.2) is 42.5 Å². The molecule has 0 radical (unpaired) electrons. The molecule has 0 spiro atoms. The van der Waals surface area contributed by atoms with E-state index in [0.717, 1.165) is 47.2 Å². The molecule has 6 nitrogen and oxygen atoms in total. The zero-order chi connectivity index (χ0) is 30.7. The van der Waals surface area contributed by atoms with Gasteiger partial charge in [0.15, 0.2) is 0 Å². The third-order valence-corrected chi connectivity index (χ3v) is 7.87. The monoisotopic (exact) mass is 616 g/mol. The minimum atomic E-state index is -0.754. The van der Waals surface area contributed by atoms with Crippen LogP contribution in [0.5, 0.6) is 11.5 Å². The normalized spacial score (nSPS) is 13.0. The maximum absolute atomic E-state index is 10.6. The fourth-order valence-electron chi connectivity index (χ4n) is 5.25. The molecule has 0 aliphatic carbocycles. The number of unbranched alkanes of at least 4 members (excludes halogenated alkanes) is 10. The standard InChI is InChI=1S/C36H53ClO6/c1-3-5-7-9-11-15-21-40-24-29(38)26-42-35-31-17-13-14-18-32(31)36(34-23-28(37)19-20-33(34)35)43-27-30(39)25-41-22-16-12-10-8-6-4-2/h13-14,17-20,23,29-30,38-39H,3-12,15-16,21-22,24-27H2,1-2H3. The fraction of sp³-hybridized carbons (Fsp3) is 0.611. The van der Waals surface area contributed by atoms with E-state index >= 15 is 0 Å². The highest BCUT2D eigenvalue weighted by Crippen LogP contribution is 2.43. The van der Waals surface area contributed by atoms with Crippen molar-refractivity contribution in [2.75, 3.05) is 39.6 Å². The summed E-state index contributed by atoms with van der Waals surface area (Å²) >= 11 is 6.42. The largest absolute Gasteiger partial charge is 0.489 e. The van der Waals surface area contributed by atoms with Gasteiger partial charge in [0.2, 0.25) is 0 Å². The van der Waals surface area contributed by atoms with E-state index in [9.17, 15) is 10.2 Å². The third kappa shape index (κ3) is 12.4. The van der Waals surface area contributed by atoms with Crippen molar-refractivity contribution >= 4 is 33.1 Å². The van der Waals surface area contributed by atoms with E-state index in [4.69, 9.17) is 30.5 Å². The lowest BCUT2D eigenvalue weighted by atomic mass is 10.0. The minimum Gasteiger partial charge on any atom is -0.489 e. The molecular weight excluding hydrogens is 564 g/mol. The molecule has 0 bridgehead atoms. The van der Waals surface area contributed by atoms with Gasteiger partial charge in [-0.05, 0) is 31.0 Å². The van der Waals surface area contributed by atoms with Crippen molar-refractivity contribution in [3.05, 3.63) is 47.5 Å². The highest BCUT2D eigenvalue weighted by molar-refractivity contribution is 6.31. The van der Waals surface area contributed by atoms with E-state index in [1.54, 1.807) is 0 Å². The summed E-state index contributed by atoms with van der Waals surface area (Å²) in [6.45, 7) is 6.39. The first-order valence-corrected chi connectivity index (χ1v) is 16.8. The van der Waals surface area contributed by atoms with E-state index < -0.39 is 12.2 Å². The van der Waals surface area contributed by atoms with Crippen molar-refractivity contribution in [1.82, 2.24) is 0 Å². The molecule has 7 heteroatoms. The predicted octanol–water partition coefficient (Wildman–Crippen LogP) is 8.88. The molecule has 0 saturated carbocycles. The number of aliphatic hydroxyl groups is 2. The van der Waals surface area contributed by atoms with Crippen LogP contribution in [0.1, 0.15) is 90.9 Å². The molecule has 2 unspecified atom stereocenters. The molecule has 3 aromatic rings. The van der Waals surface area contributed by atoms with Gasteiger partial charge < -0.3 is 29.2 Å². The Morgan fingerprint density at radius 3 is 1.51 bits per heavy atom. The van der Waals surface area contributed by atoms with Gasteiger partial charge in [-0.3, -0.25) is 0 Å². The van der Waals surface area contributed by atoms with Gasteiger partial charge in [0.25, 0.3) is 0 Å². The summed E-state index contributed by atoms with van der Waals surface area (Å²) < 4.78 is 23.9. The molecule has 0 fully saturated rings. The van der Waals surface area contributed by atoms with Gasteiger partial charge in [-0.15, -0.1) is 0 Å². The van der Waals surface area contributed by atoms with Crippen molar-refractivity contribution in [2.45, 2.75) is 103 Å². The lowest BCUT2D eigenvalue weighted by Crippen LogP contribution is -2.24. The molecule has 240 valence electrons. The summed E-state index contributed by atoms with van der Waals surface area (Å²) in [7, 11) is 0. The molecule has 0 aromatic heterocycles. The highest BCUT2D eigenvalue weighted by atomic mass is 35.5. The molecule has 0 saturated heterocycles. The maximum atomic E-state index is 10.6. The lowest BCUT2D eigenvalue weighted by molar-refractivity contribution is 0.0111. The summed E-state index contributed by atoms with van der Waals surface area (Å²) in [5.41, 5.74) is 0. The van der Waals surface area contributed by atoms with Crippen LogP contribution in [0.3, 0.4) is 0 Å². The van der Waals surface area contributed by atoms with Crippen LogP contribution < -0.4 is 9.47 Å². The van der Waals surface area contributed by atoms with Crippen LogP contribution in [0, 0.1) is 0 Å². The lowest BCUT2D eigenvalue weighted by Gasteiger charge is -2.20. The summed E-state index contributed by atoms with van der Waals surface area (Å²) in [5.74, 6) is 1.30. The summed E-state index contributed by atoms with van der Waals surface area (Å²) in [6.07, 6.45) is 12.9. The summed E-state index contributed by atoms with van der Waals surface area (Å²) in [5, 5.41) is 25.1. The van der Waals surface area contributed by atoms with Gasteiger partial charge in [-0.25, -0.2) is 0 Å². The highest BCUT2D eigenvalue weighted by Gasteiger charge is 2.19. The first-order valence-electron chi connectivity index (χ1n) is 16.5. The Labute approximate surface area is 263 Å². The quantitative estimate of drug-likeness (QED) is 0.0773.